The van der Waals surface area contributed by atoms with Gasteiger partial charge in [0.2, 0.25) is 0 Å². The average molecular weight is 287 g/mol. The first-order chi connectivity index (χ1) is 9.70. The number of hydrogen-bond acceptors (Lipinski definition) is 5. The Morgan fingerprint density at radius 1 is 1.45 bits per heavy atom. The molecule has 102 valence electrons. The van der Waals surface area contributed by atoms with Crippen LogP contribution in [-0.2, 0) is 0 Å². The molecule has 1 aliphatic rings. The van der Waals surface area contributed by atoms with Crippen molar-refractivity contribution in [1.82, 2.24) is 4.98 Å². The minimum Gasteiger partial charge on any atom is -0.411 e. The van der Waals surface area contributed by atoms with Gasteiger partial charge in [0.25, 0.3) is 5.91 Å². The maximum Gasteiger partial charge on any atom is 0.270 e. The monoisotopic (exact) mass is 287 g/mol. The van der Waals surface area contributed by atoms with E-state index in [0.717, 1.165) is 16.3 Å². The van der Waals surface area contributed by atoms with E-state index in [9.17, 15) is 4.79 Å². The lowest BCUT2D eigenvalue weighted by atomic mass is 9.99. The van der Waals surface area contributed by atoms with Crippen molar-refractivity contribution in [2.24, 2.45) is 5.16 Å². The van der Waals surface area contributed by atoms with Crippen molar-refractivity contribution in [2.75, 3.05) is 11.4 Å². The summed E-state index contributed by atoms with van der Waals surface area (Å²) in [5.41, 5.74) is 2.20. The minimum atomic E-state index is -0.0555. The summed E-state index contributed by atoms with van der Waals surface area (Å²) in [4.78, 5) is 19.0. The van der Waals surface area contributed by atoms with Crippen molar-refractivity contribution in [2.45, 2.75) is 13.3 Å². The van der Waals surface area contributed by atoms with Gasteiger partial charge in [-0.3, -0.25) is 4.79 Å². The fourth-order valence-electron chi connectivity index (χ4n) is 2.33. The maximum atomic E-state index is 12.6. The molecule has 1 aromatic carbocycles. The van der Waals surface area contributed by atoms with Crippen molar-refractivity contribution in [3.05, 3.63) is 45.9 Å². The molecule has 0 radical (unpaired) electrons. The molecule has 5 nitrogen and oxygen atoms in total. The van der Waals surface area contributed by atoms with E-state index in [1.54, 1.807) is 11.1 Å². The van der Waals surface area contributed by atoms with Crippen LogP contribution in [0.1, 0.15) is 26.7 Å². The van der Waals surface area contributed by atoms with Crippen LogP contribution in [0.3, 0.4) is 0 Å². The lowest BCUT2D eigenvalue weighted by Crippen LogP contribution is -2.37. The maximum absolute atomic E-state index is 12.6. The predicted octanol–water partition coefficient (Wildman–Crippen LogP) is 2.68. The third kappa shape index (κ3) is 2.08. The number of para-hydroxylation sites is 1. The number of nitrogens with zero attached hydrogens (tertiary/aromatic N) is 3. The Labute approximate surface area is 120 Å². The number of carbonyl (C=O) groups excluding carboxylic acids is 1. The van der Waals surface area contributed by atoms with Gasteiger partial charge >= 0.3 is 0 Å². The number of amides is 1. The molecule has 6 heteroatoms. The largest absolute Gasteiger partial charge is 0.411 e. The Bertz CT molecular complexity index is 693. The molecule has 0 aliphatic carbocycles. The molecule has 0 atom stereocenters. The minimum absolute atomic E-state index is 0.0555. The highest BCUT2D eigenvalue weighted by Crippen LogP contribution is 2.29. The summed E-state index contributed by atoms with van der Waals surface area (Å²) < 4.78 is 0. The van der Waals surface area contributed by atoms with Gasteiger partial charge < -0.3 is 10.1 Å². The first-order valence-electron chi connectivity index (χ1n) is 6.25. The number of fused-ring (bicyclic) bond motifs is 1. The molecule has 0 saturated heterocycles. The van der Waals surface area contributed by atoms with Gasteiger partial charge in [0.1, 0.15) is 4.88 Å². The van der Waals surface area contributed by atoms with Crippen molar-refractivity contribution in [1.29, 1.82) is 0 Å². The number of anilines is 1. The molecule has 1 aliphatic heterocycles. The highest BCUT2D eigenvalue weighted by Gasteiger charge is 2.27. The molecule has 1 N–H and O–H groups in total. The second-order valence-corrected chi connectivity index (χ2v) is 5.75. The molecular weight excluding hydrogens is 274 g/mol. The standard InChI is InChI=1S/C14H13N3O2S/c1-9-15-8-13(20-9)14(18)17-7-6-11(16-19)10-4-2-3-5-12(10)17/h2-5,8,19H,6-7H2,1H3/b16-11-. The third-order valence-corrected chi connectivity index (χ3v) is 4.18. The Morgan fingerprint density at radius 2 is 2.25 bits per heavy atom. The Morgan fingerprint density at radius 3 is 2.95 bits per heavy atom. The van der Waals surface area contributed by atoms with Gasteiger partial charge in [-0.25, -0.2) is 4.98 Å². The van der Waals surface area contributed by atoms with Gasteiger partial charge in [-0.05, 0) is 13.0 Å². The van der Waals surface area contributed by atoms with E-state index in [4.69, 9.17) is 5.21 Å². The predicted molar refractivity (Wildman–Crippen MR) is 77.9 cm³/mol. The number of carbonyl (C=O) groups is 1. The second-order valence-electron chi connectivity index (χ2n) is 4.51. The molecular formula is C14H13N3O2S. The van der Waals surface area contributed by atoms with E-state index in [1.165, 1.54) is 11.3 Å². The Hall–Kier alpha value is -2.21. The zero-order chi connectivity index (χ0) is 14.1. The van der Waals surface area contributed by atoms with Gasteiger partial charge in [-0.1, -0.05) is 23.4 Å². The summed E-state index contributed by atoms with van der Waals surface area (Å²) in [6.07, 6.45) is 2.15. The van der Waals surface area contributed by atoms with Crippen LogP contribution < -0.4 is 4.90 Å². The molecule has 2 aromatic rings. The number of benzene rings is 1. The smallest absolute Gasteiger partial charge is 0.270 e. The van der Waals surface area contributed by atoms with Crippen LogP contribution in [0, 0.1) is 6.92 Å². The Kier molecular flexibility index (Phi) is 3.23. The number of aryl methyl sites for hydroxylation is 1. The molecule has 20 heavy (non-hydrogen) atoms. The molecule has 0 saturated carbocycles. The van der Waals surface area contributed by atoms with E-state index >= 15 is 0 Å². The summed E-state index contributed by atoms with van der Waals surface area (Å²) in [6, 6.07) is 7.47. The quantitative estimate of drug-likeness (QED) is 0.648. The van der Waals surface area contributed by atoms with Gasteiger partial charge in [-0.2, -0.15) is 0 Å². The first-order valence-corrected chi connectivity index (χ1v) is 7.07. The SMILES string of the molecule is Cc1ncc(C(=O)N2CC/C(=N/O)c3ccccc32)s1. The molecule has 1 aromatic heterocycles. The number of thiazole rings is 1. The van der Waals surface area contributed by atoms with Crippen LogP contribution in [0.5, 0.6) is 0 Å². The van der Waals surface area contributed by atoms with E-state index in [-0.39, 0.29) is 5.91 Å². The van der Waals surface area contributed by atoms with E-state index in [1.807, 2.05) is 31.2 Å². The summed E-state index contributed by atoms with van der Waals surface area (Å²) in [5, 5.41) is 13.3. The van der Waals surface area contributed by atoms with Crippen LogP contribution in [0.15, 0.2) is 35.6 Å². The molecule has 1 amide bonds. The summed E-state index contributed by atoms with van der Waals surface area (Å²) in [6.45, 7) is 2.38. The number of rotatable bonds is 1. The fraction of sp³-hybridized carbons (Fsp3) is 0.214. The van der Waals surface area contributed by atoms with Crippen molar-refractivity contribution >= 4 is 28.6 Å². The van der Waals surface area contributed by atoms with Gasteiger partial charge in [0, 0.05) is 18.5 Å². The van der Waals surface area contributed by atoms with Gasteiger partial charge in [0.05, 0.1) is 22.6 Å². The number of aromatic nitrogens is 1. The molecule has 0 bridgehead atoms. The molecule has 0 spiro atoms. The highest BCUT2D eigenvalue weighted by molar-refractivity contribution is 7.13. The van der Waals surface area contributed by atoms with Crippen molar-refractivity contribution in [3.8, 4) is 0 Å². The van der Waals surface area contributed by atoms with E-state index in [2.05, 4.69) is 10.1 Å². The van der Waals surface area contributed by atoms with Crippen LogP contribution in [-0.4, -0.2) is 28.4 Å². The lowest BCUT2D eigenvalue weighted by Gasteiger charge is -2.29. The van der Waals surface area contributed by atoms with Crippen molar-refractivity contribution < 1.29 is 10.0 Å². The molecule has 0 unspecified atom stereocenters. The van der Waals surface area contributed by atoms with Gasteiger partial charge in [0.15, 0.2) is 0 Å². The molecule has 0 fully saturated rings. The second kappa shape index (κ2) is 5.05. The zero-order valence-corrected chi connectivity index (χ0v) is 11.7. The lowest BCUT2D eigenvalue weighted by molar-refractivity contribution is 0.0990. The highest BCUT2D eigenvalue weighted by atomic mass is 32.1. The van der Waals surface area contributed by atoms with Gasteiger partial charge in [-0.15, -0.1) is 11.3 Å². The third-order valence-electron chi connectivity index (χ3n) is 3.28. The summed E-state index contributed by atoms with van der Waals surface area (Å²) >= 11 is 1.39. The number of oxime groups is 1. The van der Waals surface area contributed by atoms with E-state index in [0.29, 0.717) is 23.6 Å². The zero-order valence-electron chi connectivity index (χ0n) is 10.9. The first kappa shape index (κ1) is 12.8. The summed E-state index contributed by atoms with van der Waals surface area (Å²) in [5.74, 6) is -0.0555. The number of hydrogen-bond donors (Lipinski definition) is 1. The Balaban J connectivity index is 2.02. The topological polar surface area (TPSA) is 65.8 Å². The average Bonchev–Trinajstić information content (AvgIpc) is 2.92. The normalized spacial score (nSPS) is 16.2. The van der Waals surface area contributed by atoms with Crippen LogP contribution in [0.25, 0.3) is 0 Å². The molecule has 3 rings (SSSR count). The van der Waals surface area contributed by atoms with Crippen molar-refractivity contribution in [3.63, 3.8) is 0 Å². The summed E-state index contributed by atoms with van der Waals surface area (Å²) in [7, 11) is 0. The fourth-order valence-corrected chi connectivity index (χ4v) is 3.06. The van der Waals surface area contributed by atoms with E-state index < -0.39 is 0 Å². The molecule has 2 heterocycles. The van der Waals surface area contributed by atoms with Crippen LogP contribution >= 0.6 is 11.3 Å². The van der Waals surface area contributed by atoms with Crippen LogP contribution in [0.4, 0.5) is 5.69 Å². The van der Waals surface area contributed by atoms with Crippen LogP contribution in [0.2, 0.25) is 0 Å².